The molecule has 0 N–H and O–H groups in total. The van der Waals surface area contributed by atoms with Crippen molar-refractivity contribution in [3.63, 3.8) is 0 Å². The molecule has 138 valence electrons. The van der Waals surface area contributed by atoms with Crippen LogP contribution in [0.2, 0.25) is 0 Å². The Balaban J connectivity index is 1.65. The van der Waals surface area contributed by atoms with Crippen molar-refractivity contribution in [1.82, 2.24) is 14.7 Å². The fourth-order valence-electron chi connectivity index (χ4n) is 3.99. The van der Waals surface area contributed by atoms with Crippen LogP contribution < -0.4 is 0 Å². The van der Waals surface area contributed by atoms with Crippen molar-refractivity contribution >= 4 is 11.9 Å². The van der Waals surface area contributed by atoms with Crippen molar-refractivity contribution in [3.05, 3.63) is 24.2 Å². The van der Waals surface area contributed by atoms with Gasteiger partial charge in [0.05, 0.1) is 12.3 Å². The number of likely N-dealkylation sites (tertiary alicyclic amines) is 2. The van der Waals surface area contributed by atoms with E-state index in [-0.39, 0.29) is 23.9 Å². The topological polar surface area (TPSA) is 57.0 Å². The summed E-state index contributed by atoms with van der Waals surface area (Å²) in [5, 5.41) is 0. The van der Waals surface area contributed by atoms with Crippen molar-refractivity contribution in [2.45, 2.75) is 38.6 Å². The van der Waals surface area contributed by atoms with Crippen LogP contribution >= 0.6 is 0 Å². The molecule has 2 aliphatic rings. The molecule has 0 aromatic carbocycles. The van der Waals surface area contributed by atoms with Gasteiger partial charge >= 0.3 is 6.03 Å². The van der Waals surface area contributed by atoms with Gasteiger partial charge in [-0.3, -0.25) is 4.79 Å². The molecule has 2 fully saturated rings. The number of hydrogen-bond acceptors (Lipinski definition) is 3. The zero-order valence-corrected chi connectivity index (χ0v) is 15.5. The molecular weight excluding hydrogens is 318 g/mol. The molecule has 6 heteroatoms. The second kappa shape index (κ2) is 7.50. The standard InChI is InChI=1S/C19H29N3O3/c1-14-6-11-22(16(13-14)17-5-4-12-25-17)18(23)15-7-9-21(10-8-15)19(24)20(2)3/h4-5,12,14-16H,6-11,13H2,1-3H3/t14-,16-/m0/s1. The molecule has 2 saturated heterocycles. The fraction of sp³-hybridized carbons (Fsp3) is 0.684. The molecule has 0 radical (unpaired) electrons. The summed E-state index contributed by atoms with van der Waals surface area (Å²) in [6, 6.07) is 3.95. The Morgan fingerprint density at radius 3 is 2.48 bits per heavy atom. The number of rotatable bonds is 2. The van der Waals surface area contributed by atoms with Crippen LogP contribution in [-0.2, 0) is 4.79 Å². The average molecular weight is 347 g/mol. The lowest BCUT2D eigenvalue weighted by atomic mass is 9.88. The van der Waals surface area contributed by atoms with Crippen molar-refractivity contribution < 1.29 is 14.0 Å². The van der Waals surface area contributed by atoms with E-state index in [1.54, 1.807) is 25.3 Å². The summed E-state index contributed by atoms with van der Waals surface area (Å²) in [5.41, 5.74) is 0. The van der Waals surface area contributed by atoms with Gasteiger partial charge in [0.1, 0.15) is 5.76 Å². The second-order valence-corrected chi connectivity index (χ2v) is 7.63. The molecule has 0 unspecified atom stereocenters. The van der Waals surface area contributed by atoms with E-state index in [0.29, 0.717) is 19.0 Å². The summed E-state index contributed by atoms with van der Waals surface area (Å²) in [6.07, 6.45) is 5.17. The molecule has 0 aliphatic carbocycles. The molecule has 25 heavy (non-hydrogen) atoms. The molecule has 1 aromatic heterocycles. The van der Waals surface area contributed by atoms with Crippen molar-refractivity contribution in [2.75, 3.05) is 33.7 Å². The molecule has 0 saturated carbocycles. The number of nitrogens with zero attached hydrogens (tertiary/aromatic N) is 3. The Bertz CT molecular complexity index is 591. The maximum atomic E-state index is 13.1. The molecular formula is C19H29N3O3. The van der Waals surface area contributed by atoms with E-state index in [0.717, 1.165) is 38.0 Å². The highest BCUT2D eigenvalue weighted by Crippen LogP contribution is 2.36. The van der Waals surface area contributed by atoms with E-state index in [1.807, 2.05) is 21.9 Å². The van der Waals surface area contributed by atoms with Gasteiger partial charge < -0.3 is 19.1 Å². The SMILES string of the molecule is C[C@H]1CCN(C(=O)C2CCN(C(=O)N(C)C)CC2)[C@H](c2ccco2)C1. The molecule has 6 nitrogen and oxygen atoms in total. The lowest BCUT2D eigenvalue weighted by molar-refractivity contribution is -0.142. The normalized spacial score (nSPS) is 25.1. The maximum Gasteiger partial charge on any atom is 0.319 e. The quantitative estimate of drug-likeness (QED) is 0.826. The Morgan fingerprint density at radius 2 is 1.88 bits per heavy atom. The number of urea groups is 1. The number of piperidine rings is 2. The Kier molecular flexibility index (Phi) is 5.35. The number of carbonyl (C=O) groups is 2. The van der Waals surface area contributed by atoms with Gasteiger partial charge in [0.15, 0.2) is 0 Å². The molecule has 1 aromatic rings. The highest BCUT2D eigenvalue weighted by atomic mass is 16.3. The van der Waals surface area contributed by atoms with Crippen molar-refractivity contribution in [3.8, 4) is 0 Å². The van der Waals surface area contributed by atoms with Crippen LogP contribution in [0, 0.1) is 11.8 Å². The molecule has 3 rings (SSSR count). The zero-order valence-electron chi connectivity index (χ0n) is 15.5. The van der Waals surface area contributed by atoms with Gasteiger partial charge in [-0.05, 0) is 43.7 Å². The van der Waals surface area contributed by atoms with E-state index < -0.39 is 0 Å². The van der Waals surface area contributed by atoms with Crippen LogP contribution in [0.3, 0.4) is 0 Å². The van der Waals surface area contributed by atoms with Gasteiger partial charge in [-0.1, -0.05) is 6.92 Å². The number of amides is 3. The van der Waals surface area contributed by atoms with Gasteiger partial charge in [-0.15, -0.1) is 0 Å². The highest BCUT2D eigenvalue weighted by Gasteiger charge is 2.37. The van der Waals surface area contributed by atoms with Gasteiger partial charge in [0.2, 0.25) is 5.91 Å². The van der Waals surface area contributed by atoms with Gasteiger partial charge in [-0.2, -0.15) is 0 Å². The molecule has 0 bridgehead atoms. The van der Waals surface area contributed by atoms with Crippen LogP contribution in [0.5, 0.6) is 0 Å². The van der Waals surface area contributed by atoms with Crippen molar-refractivity contribution in [2.24, 2.45) is 11.8 Å². The summed E-state index contributed by atoms with van der Waals surface area (Å²) in [7, 11) is 3.53. The Morgan fingerprint density at radius 1 is 1.16 bits per heavy atom. The molecule has 2 aliphatic heterocycles. The smallest absolute Gasteiger partial charge is 0.319 e. The van der Waals surface area contributed by atoms with E-state index >= 15 is 0 Å². The summed E-state index contributed by atoms with van der Waals surface area (Å²) >= 11 is 0. The third-order valence-electron chi connectivity index (χ3n) is 5.52. The Labute approximate surface area is 149 Å². The third-order valence-corrected chi connectivity index (χ3v) is 5.52. The first kappa shape index (κ1) is 17.8. The van der Waals surface area contributed by atoms with E-state index in [4.69, 9.17) is 4.42 Å². The minimum atomic E-state index is 0.0112. The average Bonchev–Trinajstić information content (AvgIpc) is 3.15. The lowest BCUT2D eigenvalue weighted by Crippen LogP contribution is -2.49. The van der Waals surface area contributed by atoms with Crippen LogP contribution in [-0.4, -0.2) is 60.4 Å². The minimum Gasteiger partial charge on any atom is -0.467 e. The summed E-state index contributed by atoms with van der Waals surface area (Å²) in [5.74, 6) is 1.72. The number of hydrogen-bond donors (Lipinski definition) is 0. The predicted molar refractivity (Wildman–Crippen MR) is 94.9 cm³/mol. The van der Waals surface area contributed by atoms with Crippen LogP contribution in [0.4, 0.5) is 4.79 Å². The van der Waals surface area contributed by atoms with Crippen molar-refractivity contribution in [1.29, 1.82) is 0 Å². The zero-order chi connectivity index (χ0) is 18.0. The maximum absolute atomic E-state index is 13.1. The molecule has 0 spiro atoms. The molecule has 3 heterocycles. The van der Waals surface area contributed by atoms with Gasteiger partial charge in [0, 0.05) is 39.6 Å². The van der Waals surface area contributed by atoms with E-state index in [9.17, 15) is 9.59 Å². The van der Waals surface area contributed by atoms with Crippen LogP contribution in [0.15, 0.2) is 22.8 Å². The van der Waals surface area contributed by atoms with Crippen LogP contribution in [0.1, 0.15) is 44.4 Å². The molecule has 3 amide bonds. The summed E-state index contributed by atoms with van der Waals surface area (Å²) in [6.45, 7) is 4.34. The fourth-order valence-corrected chi connectivity index (χ4v) is 3.99. The first-order chi connectivity index (χ1) is 12.0. The van der Waals surface area contributed by atoms with Gasteiger partial charge in [0.25, 0.3) is 0 Å². The first-order valence-corrected chi connectivity index (χ1v) is 9.27. The largest absolute Gasteiger partial charge is 0.467 e. The highest BCUT2D eigenvalue weighted by molar-refractivity contribution is 5.80. The Hall–Kier alpha value is -1.98. The summed E-state index contributed by atoms with van der Waals surface area (Å²) in [4.78, 5) is 30.7. The number of carbonyl (C=O) groups excluding carboxylic acids is 2. The predicted octanol–water partition coefficient (Wildman–Crippen LogP) is 2.97. The van der Waals surface area contributed by atoms with E-state index in [1.165, 1.54) is 0 Å². The van der Waals surface area contributed by atoms with Crippen LogP contribution in [0.25, 0.3) is 0 Å². The molecule has 2 atom stereocenters. The monoisotopic (exact) mass is 347 g/mol. The van der Waals surface area contributed by atoms with Gasteiger partial charge in [-0.25, -0.2) is 4.79 Å². The minimum absolute atomic E-state index is 0.0112. The second-order valence-electron chi connectivity index (χ2n) is 7.63. The summed E-state index contributed by atoms with van der Waals surface area (Å²) < 4.78 is 5.61. The number of furan rings is 1. The first-order valence-electron chi connectivity index (χ1n) is 9.27. The third kappa shape index (κ3) is 3.83. The lowest BCUT2D eigenvalue weighted by Gasteiger charge is -2.41. The van der Waals surface area contributed by atoms with E-state index in [2.05, 4.69) is 6.92 Å².